The molecule has 0 N–H and O–H groups in total. The zero-order valence-corrected chi connectivity index (χ0v) is 6.71. The maximum atomic E-state index is 11.0. The third-order valence-electron chi connectivity index (χ3n) is 1.55. The van der Waals surface area contributed by atoms with Gasteiger partial charge in [-0.15, -0.1) is 0 Å². The van der Waals surface area contributed by atoms with E-state index in [4.69, 9.17) is 0 Å². The first-order chi connectivity index (χ1) is 5.29. The summed E-state index contributed by atoms with van der Waals surface area (Å²) in [5.41, 5.74) is 1.12. The lowest BCUT2D eigenvalue weighted by Gasteiger charge is -1.90. The van der Waals surface area contributed by atoms with Gasteiger partial charge in [-0.1, -0.05) is 23.8 Å². The molecule has 0 radical (unpaired) electrons. The van der Waals surface area contributed by atoms with Gasteiger partial charge in [0.05, 0.1) is 0 Å². The van der Waals surface area contributed by atoms with E-state index in [0.717, 1.165) is 18.4 Å². The predicted molar refractivity (Wildman–Crippen MR) is 46.3 cm³/mol. The highest BCUT2D eigenvalue weighted by Gasteiger charge is 1.93. The average Bonchev–Trinajstić information content (AvgIpc) is 2.02. The molecule has 1 nitrogen and oxygen atoms in total. The van der Waals surface area contributed by atoms with Crippen LogP contribution >= 0.6 is 0 Å². The van der Waals surface area contributed by atoms with Crippen LogP contribution in [0.3, 0.4) is 0 Å². The average molecular weight is 148 g/mol. The van der Waals surface area contributed by atoms with Crippen molar-refractivity contribution in [2.75, 3.05) is 0 Å². The number of rotatable bonds is 0. The van der Waals surface area contributed by atoms with E-state index in [0.29, 0.717) is 0 Å². The number of carbonyl (C=O) groups is 1. The van der Waals surface area contributed by atoms with Gasteiger partial charge in [0.15, 0.2) is 5.78 Å². The molecular formula is C10H12O. The van der Waals surface area contributed by atoms with Crippen molar-refractivity contribution >= 4 is 5.78 Å². The highest BCUT2D eigenvalue weighted by molar-refractivity contribution is 5.99. The molecule has 0 bridgehead atoms. The van der Waals surface area contributed by atoms with Gasteiger partial charge in [-0.3, -0.25) is 4.79 Å². The fraction of sp³-hybridized carbons (Fsp3) is 0.300. The summed E-state index contributed by atoms with van der Waals surface area (Å²) in [6, 6.07) is 0. The molecule has 0 amide bonds. The molecule has 0 atom stereocenters. The smallest absolute Gasteiger partial charge is 0.178 e. The maximum absolute atomic E-state index is 11.0. The van der Waals surface area contributed by atoms with Gasteiger partial charge in [0.2, 0.25) is 0 Å². The summed E-state index contributed by atoms with van der Waals surface area (Å²) in [6.07, 6.45) is 11.1. The largest absolute Gasteiger partial charge is 0.290 e. The molecule has 0 heterocycles. The molecule has 0 saturated carbocycles. The van der Waals surface area contributed by atoms with Gasteiger partial charge in [0.25, 0.3) is 0 Å². The van der Waals surface area contributed by atoms with E-state index in [1.807, 2.05) is 13.0 Å². The van der Waals surface area contributed by atoms with Crippen molar-refractivity contribution in [3.63, 3.8) is 0 Å². The first kappa shape index (κ1) is 7.99. The third kappa shape index (κ3) is 2.99. The van der Waals surface area contributed by atoms with Gasteiger partial charge in [-0.2, -0.15) is 0 Å². The molecule has 1 rings (SSSR count). The van der Waals surface area contributed by atoms with Gasteiger partial charge in [-0.25, -0.2) is 0 Å². The Hall–Kier alpha value is -1.11. The normalized spacial score (nSPS) is 18.6. The highest BCUT2D eigenvalue weighted by Crippen LogP contribution is 2.04. The minimum absolute atomic E-state index is 0.103. The van der Waals surface area contributed by atoms with E-state index in [9.17, 15) is 4.79 Å². The van der Waals surface area contributed by atoms with Crippen LogP contribution in [0.15, 0.2) is 36.0 Å². The number of hydrogen-bond donors (Lipinski definition) is 0. The second kappa shape index (κ2) is 3.91. The molecule has 0 aromatic rings. The standard InChI is InChI=1S/C10H12O/c1-9-6-4-2-3-5-7-10(11)8-9/h2,4-5,7-8H,3,6H2,1H3. The second-order valence-corrected chi connectivity index (χ2v) is 2.71. The van der Waals surface area contributed by atoms with Crippen molar-refractivity contribution in [2.24, 2.45) is 0 Å². The van der Waals surface area contributed by atoms with Crippen molar-refractivity contribution in [3.8, 4) is 0 Å². The second-order valence-electron chi connectivity index (χ2n) is 2.71. The summed E-state index contributed by atoms with van der Waals surface area (Å²) in [5.74, 6) is 0.103. The van der Waals surface area contributed by atoms with Crippen molar-refractivity contribution in [2.45, 2.75) is 19.8 Å². The third-order valence-corrected chi connectivity index (χ3v) is 1.55. The van der Waals surface area contributed by atoms with E-state index >= 15 is 0 Å². The Labute approximate surface area is 67.1 Å². The molecule has 0 aromatic carbocycles. The molecule has 0 unspecified atom stereocenters. The van der Waals surface area contributed by atoms with E-state index in [1.54, 1.807) is 12.2 Å². The van der Waals surface area contributed by atoms with Crippen LogP contribution in [0.1, 0.15) is 19.8 Å². The topological polar surface area (TPSA) is 17.1 Å². The van der Waals surface area contributed by atoms with Gasteiger partial charge in [-0.05, 0) is 31.9 Å². The summed E-state index contributed by atoms with van der Waals surface area (Å²) >= 11 is 0. The highest BCUT2D eigenvalue weighted by atomic mass is 16.1. The summed E-state index contributed by atoms with van der Waals surface area (Å²) in [4.78, 5) is 11.0. The van der Waals surface area contributed by atoms with Crippen LogP contribution in [0.25, 0.3) is 0 Å². The lowest BCUT2D eigenvalue weighted by atomic mass is 10.2. The van der Waals surface area contributed by atoms with Crippen molar-refractivity contribution in [3.05, 3.63) is 36.0 Å². The summed E-state index contributed by atoms with van der Waals surface area (Å²) in [5, 5.41) is 0. The zero-order valence-electron chi connectivity index (χ0n) is 6.71. The Morgan fingerprint density at radius 2 is 2.09 bits per heavy atom. The van der Waals surface area contributed by atoms with Crippen LogP contribution in [0.4, 0.5) is 0 Å². The van der Waals surface area contributed by atoms with Crippen LogP contribution in [0.5, 0.6) is 0 Å². The Kier molecular flexibility index (Phi) is 2.84. The van der Waals surface area contributed by atoms with E-state index in [2.05, 4.69) is 12.2 Å². The molecule has 1 aliphatic rings. The quantitative estimate of drug-likeness (QED) is 0.482. The van der Waals surface area contributed by atoms with E-state index < -0.39 is 0 Å². The van der Waals surface area contributed by atoms with Crippen molar-refractivity contribution < 1.29 is 4.79 Å². The van der Waals surface area contributed by atoms with Gasteiger partial charge in [0, 0.05) is 0 Å². The van der Waals surface area contributed by atoms with Gasteiger partial charge in [0.1, 0.15) is 0 Å². The van der Waals surface area contributed by atoms with Crippen LogP contribution in [-0.2, 0) is 4.79 Å². The monoisotopic (exact) mass is 148 g/mol. The van der Waals surface area contributed by atoms with Crippen molar-refractivity contribution in [1.29, 1.82) is 0 Å². The fourth-order valence-corrected chi connectivity index (χ4v) is 0.978. The minimum atomic E-state index is 0.103. The number of allylic oxidation sites excluding steroid dienone is 6. The molecule has 0 spiro atoms. The van der Waals surface area contributed by atoms with Gasteiger partial charge < -0.3 is 0 Å². The first-order valence-corrected chi connectivity index (χ1v) is 3.82. The number of carbonyl (C=O) groups excluding carboxylic acids is 1. The molecule has 0 aliphatic heterocycles. The van der Waals surface area contributed by atoms with Crippen LogP contribution < -0.4 is 0 Å². The van der Waals surface area contributed by atoms with Gasteiger partial charge >= 0.3 is 0 Å². The number of hydrogen-bond acceptors (Lipinski definition) is 1. The van der Waals surface area contributed by atoms with Crippen LogP contribution in [0.2, 0.25) is 0 Å². The minimum Gasteiger partial charge on any atom is -0.290 e. The Morgan fingerprint density at radius 1 is 1.27 bits per heavy atom. The van der Waals surface area contributed by atoms with Crippen molar-refractivity contribution in [1.82, 2.24) is 0 Å². The fourth-order valence-electron chi connectivity index (χ4n) is 0.978. The van der Waals surface area contributed by atoms with E-state index in [1.165, 1.54) is 0 Å². The van der Waals surface area contributed by atoms with Crippen LogP contribution in [-0.4, -0.2) is 5.78 Å². The molecular weight excluding hydrogens is 136 g/mol. The lowest BCUT2D eigenvalue weighted by molar-refractivity contribution is -0.110. The first-order valence-electron chi connectivity index (χ1n) is 3.82. The van der Waals surface area contributed by atoms with Crippen LogP contribution in [0, 0.1) is 0 Å². The molecule has 0 saturated heterocycles. The SMILES string of the molecule is CC1=CC(=O)C=CCC=CC1. The Morgan fingerprint density at radius 3 is 2.91 bits per heavy atom. The summed E-state index contributed by atoms with van der Waals surface area (Å²) in [7, 11) is 0. The lowest BCUT2D eigenvalue weighted by Crippen LogP contribution is -1.86. The predicted octanol–water partition coefficient (Wildman–Crippen LogP) is 2.41. The maximum Gasteiger partial charge on any atom is 0.178 e. The molecule has 1 heteroatoms. The molecule has 0 fully saturated rings. The summed E-state index contributed by atoms with van der Waals surface area (Å²) in [6.45, 7) is 1.97. The molecule has 58 valence electrons. The summed E-state index contributed by atoms with van der Waals surface area (Å²) < 4.78 is 0. The van der Waals surface area contributed by atoms with E-state index in [-0.39, 0.29) is 5.78 Å². The Balaban J connectivity index is 2.76. The molecule has 0 aromatic heterocycles. The number of ketones is 1. The molecule has 11 heavy (non-hydrogen) atoms. The zero-order chi connectivity index (χ0) is 8.10. The Bertz CT molecular complexity index is 231. The molecule has 1 aliphatic carbocycles.